The molecule has 1 aromatic heterocycles. The van der Waals surface area contributed by atoms with Gasteiger partial charge in [-0.15, -0.1) is 11.8 Å². The number of aromatic nitrogens is 1. The summed E-state index contributed by atoms with van der Waals surface area (Å²) >= 11 is 9.36. The van der Waals surface area contributed by atoms with Crippen LogP contribution in [-0.4, -0.2) is 15.7 Å². The van der Waals surface area contributed by atoms with Gasteiger partial charge in [-0.3, -0.25) is 14.2 Å². The molecule has 2 heterocycles. The number of nitrogens with one attached hydrogen (secondary N) is 1. The molecule has 2 aliphatic carbocycles. The summed E-state index contributed by atoms with van der Waals surface area (Å²) in [5.74, 6) is 2.02. The number of carbonyl (C=O) groups excluding carboxylic acids is 1. The van der Waals surface area contributed by atoms with Gasteiger partial charge >= 0.3 is 4.87 Å². The highest BCUT2D eigenvalue weighted by Gasteiger charge is 2.55. The number of thiazole rings is 1. The highest BCUT2D eigenvalue weighted by atomic mass is 35.5. The topological polar surface area (TPSA) is 51.1 Å². The summed E-state index contributed by atoms with van der Waals surface area (Å²) in [7, 11) is 0. The van der Waals surface area contributed by atoms with Gasteiger partial charge in [0.15, 0.2) is 0 Å². The van der Waals surface area contributed by atoms with E-state index in [-0.39, 0.29) is 23.2 Å². The highest BCUT2D eigenvalue weighted by molar-refractivity contribution is 8.00. The summed E-state index contributed by atoms with van der Waals surface area (Å²) in [6, 6.07) is 17.5. The van der Waals surface area contributed by atoms with Crippen LogP contribution >= 0.6 is 34.7 Å². The number of rotatable bonds is 4. The minimum absolute atomic E-state index is 0.0444. The van der Waals surface area contributed by atoms with E-state index in [1.54, 1.807) is 4.57 Å². The number of halogens is 1. The van der Waals surface area contributed by atoms with Crippen molar-refractivity contribution in [3.63, 3.8) is 0 Å². The number of para-hydroxylation sites is 1. The third-order valence-corrected chi connectivity index (χ3v) is 10.4. The minimum Gasteiger partial charge on any atom is -0.325 e. The second kappa shape index (κ2) is 8.08. The smallest absolute Gasteiger partial charge is 0.308 e. The van der Waals surface area contributed by atoms with Gasteiger partial charge in [0.25, 0.3) is 0 Å². The van der Waals surface area contributed by atoms with E-state index in [0.29, 0.717) is 17.1 Å². The van der Waals surface area contributed by atoms with Gasteiger partial charge in [0.05, 0.1) is 5.03 Å². The van der Waals surface area contributed by atoms with Gasteiger partial charge in [0, 0.05) is 26.8 Å². The minimum atomic E-state index is -0.169. The lowest BCUT2D eigenvalue weighted by molar-refractivity contribution is -0.116. The van der Waals surface area contributed by atoms with Crippen LogP contribution in [0.5, 0.6) is 0 Å². The van der Waals surface area contributed by atoms with Gasteiger partial charge in [0.2, 0.25) is 5.91 Å². The highest BCUT2D eigenvalue weighted by Crippen LogP contribution is 2.64. The molecule has 2 aromatic carbocycles. The van der Waals surface area contributed by atoms with Crippen LogP contribution in [-0.2, 0) is 11.3 Å². The molecule has 5 unspecified atom stereocenters. The fourth-order valence-electron chi connectivity index (χ4n) is 6.00. The predicted molar refractivity (Wildman–Crippen MR) is 131 cm³/mol. The van der Waals surface area contributed by atoms with Crippen molar-refractivity contribution in [3.8, 4) is 0 Å². The van der Waals surface area contributed by atoms with Crippen LogP contribution < -0.4 is 10.2 Å². The molecule has 164 valence electrons. The van der Waals surface area contributed by atoms with Crippen LogP contribution in [0.25, 0.3) is 0 Å². The maximum Gasteiger partial charge on any atom is 0.308 e. The Morgan fingerprint density at radius 2 is 1.81 bits per heavy atom. The average Bonchev–Trinajstić information content (AvgIpc) is 3.48. The molecule has 4 nitrogen and oxygen atoms in total. The van der Waals surface area contributed by atoms with Crippen LogP contribution in [0.2, 0.25) is 5.02 Å². The largest absolute Gasteiger partial charge is 0.325 e. The van der Waals surface area contributed by atoms with Crippen LogP contribution in [0.3, 0.4) is 0 Å². The Balaban J connectivity index is 1.38. The van der Waals surface area contributed by atoms with Gasteiger partial charge in [-0.25, -0.2) is 0 Å². The molecule has 1 aliphatic heterocycles. The molecule has 0 saturated heterocycles. The number of benzene rings is 2. The quantitative estimate of drug-likeness (QED) is 0.507. The first-order valence-corrected chi connectivity index (χ1v) is 13.2. The van der Waals surface area contributed by atoms with Crippen molar-refractivity contribution in [1.82, 2.24) is 4.57 Å². The van der Waals surface area contributed by atoms with E-state index in [1.807, 2.05) is 54.2 Å². The Labute approximate surface area is 200 Å². The van der Waals surface area contributed by atoms with Crippen molar-refractivity contribution in [1.29, 1.82) is 0 Å². The van der Waals surface area contributed by atoms with E-state index in [0.717, 1.165) is 26.5 Å². The fraction of sp³-hybridized carbons (Fsp3) is 0.360. The second-order valence-corrected chi connectivity index (χ2v) is 11.7. The molecular formula is C25H23ClN2O2S2. The lowest BCUT2D eigenvalue weighted by Crippen LogP contribution is -2.34. The van der Waals surface area contributed by atoms with Gasteiger partial charge in [-0.05, 0) is 66.8 Å². The van der Waals surface area contributed by atoms with Gasteiger partial charge in [-0.1, -0.05) is 53.3 Å². The van der Waals surface area contributed by atoms with Gasteiger partial charge in [-0.2, -0.15) is 0 Å². The molecule has 0 spiro atoms. The van der Waals surface area contributed by atoms with E-state index in [9.17, 15) is 9.59 Å². The first kappa shape index (κ1) is 20.6. The zero-order valence-corrected chi connectivity index (χ0v) is 19.8. The summed E-state index contributed by atoms with van der Waals surface area (Å²) < 4.78 is 1.70. The van der Waals surface area contributed by atoms with Crippen molar-refractivity contribution in [2.75, 3.05) is 5.32 Å². The SMILES string of the molecule is O=C(Cn1c2c(sc1=O)C(c1ccc(Cl)cc1)C1C3CCC(C3)C1S2)Nc1ccccc1. The monoisotopic (exact) mass is 482 g/mol. The molecule has 5 atom stereocenters. The number of amides is 1. The standard InChI is InChI=1S/C25H23ClN2O2S2/c26-17-10-8-14(9-11-17)20-21-15-6-7-16(12-15)22(21)31-24-23(20)32-25(30)28(24)13-19(29)27-18-4-2-1-3-5-18/h1-5,8-11,15-16,20-22H,6-7,12-13H2,(H,27,29). The zero-order chi connectivity index (χ0) is 21.8. The Hall–Kier alpha value is -2.02. The van der Waals surface area contributed by atoms with E-state index < -0.39 is 0 Å². The molecule has 1 N–H and O–H groups in total. The second-order valence-electron chi connectivity index (χ2n) is 9.06. The average molecular weight is 483 g/mol. The number of thioether (sulfide) groups is 1. The maximum atomic E-state index is 13.1. The summed E-state index contributed by atoms with van der Waals surface area (Å²) in [5, 5.41) is 5.16. The number of anilines is 1. The summed E-state index contributed by atoms with van der Waals surface area (Å²) in [5.41, 5.74) is 1.98. The van der Waals surface area contributed by atoms with Crippen molar-refractivity contribution in [2.24, 2.45) is 17.8 Å². The molecule has 6 rings (SSSR count). The molecule has 2 saturated carbocycles. The third kappa shape index (κ3) is 3.44. The Bertz CT molecular complexity index is 1220. The fourth-order valence-corrected chi connectivity index (χ4v) is 9.27. The number of carbonyl (C=O) groups is 1. The van der Waals surface area contributed by atoms with E-state index in [4.69, 9.17) is 11.6 Å². The number of hydrogen-bond acceptors (Lipinski definition) is 4. The molecule has 32 heavy (non-hydrogen) atoms. The van der Waals surface area contributed by atoms with E-state index in [2.05, 4.69) is 17.4 Å². The van der Waals surface area contributed by atoms with Crippen molar-refractivity contribution >= 4 is 46.3 Å². The summed E-state index contributed by atoms with van der Waals surface area (Å²) in [6.07, 6.45) is 3.87. The first-order chi connectivity index (χ1) is 15.6. The van der Waals surface area contributed by atoms with Crippen molar-refractivity contribution < 1.29 is 4.79 Å². The van der Waals surface area contributed by atoms with Gasteiger partial charge in [0.1, 0.15) is 6.54 Å². The number of hydrogen-bond donors (Lipinski definition) is 1. The lowest BCUT2D eigenvalue weighted by Gasteiger charge is -2.40. The third-order valence-electron chi connectivity index (χ3n) is 7.28. The lowest BCUT2D eigenvalue weighted by atomic mass is 9.75. The van der Waals surface area contributed by atoms with E-state index in [1.165, 1.54) is 36.2 Å². The Kier molecular flexibility index (Phi) is 5.20. The normalized spacial score (nSPS) is 27.7. The van der Waals surface area contributed by atoms with Crippen molar-refractivity contribution in [3.05, 3.63) is 79.7 Å². The Morgan fingerprint density at radius 1 is 1.06 bits per heavy atom. The Morgan fingerprint density at radius 3 is 2.59 bits per heavy atom. The number of nitrogens with zero attached hydrogens (tertiary/aromatic N) is 1. The maximum absolute atomic E-state index is 13.1. The van der Waals surface area contributed by atoms with Crippen LogP contribution in [0.4, 0.5) is 5.69 Å². The van der Waals surface area contributed by atoms with Crippen LogP contribution in [0.15, 0.2) is 64.4 Å². The molecule has 2 bridgehead atoms. The van der Waals surface area contributed by atoms with Gasteiger partial charge < -0.3 is 5.32 Å². The molecule has 1 amide bonds. The molecule has 3 aliphatic rings. The number of fused-ring (bicyclic) bond motifs is 6. The summed E-state index contributed by atoms with van der Waals surface area (Å²) in [4.78, 5) is 26.9. The van der Waals surface area contributed by atoms with Crippen molar-refractivity contribution in [2.45, 2.75) is 42.0 Å². The predicted octanol–water partition coefficient (Wildman–Crippen LogP) is 5.85. The summed E-state index contributed by atoms with van der Waals surface area (Å²) in [6.45, 7) is 0.0470. The van der Waals surface area contributed by atoms with Crippen LogP contribution in [0, 0.1) is 17.8 Å². The molecule has 0 radical (unpaired) electrons. The van der Waals surface area contributed by atoms with Crippen LogP contribution in [0.1, 0.15) is 35.6 Å². The zero-order valence-electron chi connectivity index (χ0n) is 17.4. The molecule has 3 aromatic rings. The van der Waals surface area contributed by atoms with E-state index >= 15 is 0 Å². The molecule has 7 heteroatoms. The first-order valence-electron chi connectivity index (χ1n) is 11.1. The molecule has 2 fully saturated rings. The molecular weight excluding hydrogens is 460 g/mol.